The number of amides is 1. The Hall–Kier alpha value is -2.65. The zero-order chi connectivity index (χ0) is 18.3. The molecule has 4 rings (SSSR count). The van der Waals surface area contributed by atoms with Gasteiger partial charge in [0.15, 0.2) is 11.6 Å². The van der Waals surface area contributed by atoms with Crippen LogP contribution >= 0.6 is 22.7 Å². The highest BCUT2D eigenvalue weighted by atomic mass is 32.1. The summed E-state index contributed by atoms with van der Waals surface area (Å²) in [6, 6.07) is 3.61. The second kappa shape index (κ2) is 6.58. The first-order valence-electron chi connectivity index (χ1n) is 8.02. The van der Waals surface area contributed by atoms with Crippen molar-refractivity contribution >= 4 is 43.9 Å². The molecule has 4 heterocycles. The van der Waals surface area contributed by atoms with E-state index in [1.807, 2.05) is 26.8 Å². The van der Waals surface area contributed by atoms with Crippen LogP contribution in [0.5, 0.6) is 0 Å². The maximum Gasteiger partial charge on any atom is 0.267 e. The van der Waals surface area contributed by atoms with E-state index < -0.39 is 0 Å². The van der Waals surface area contributed by atoms with Gasteiger partial charge < -0.3 is 4.42 Å². The average Bonchev–Trinajstić information content (AvgIpc) is 3.34. The molecular formula is C17H15N5O2S2. The van der Waals surface area contributed by atoms with Crippen LogP contribution in [-0.2, 0) is 6.42 Å². The lowest BCUT2D eigenvalue weighted by molar-refractivity contribution is 0.103. The number of hydrogen-bond donors (Lipinski definition) is 1. The Morgan fingerprint density at radius 2 is 2.08 bits per heavy atom. The highest BCUT2D eigenvalue weighted by Crippen LogP contribution is 2.33. The monoisotopic (exact) mass is 385 g/mol. The summed E-state index contributed by atoms with van der Waals surface area (Å²) in [5, 5.41) is 13.1. The third-order valence-electron chi connectivity index (χ3n) is 3.91. The number of carbonyl (C=O) groups is 1. The molecule has 0 radical (unpaired) electrons. The molecule has 1 amide bonds. The van der Waals surface area contributed by atoms with Gasteiger partial charge in [0, 0.05) is 5.39 Å². The lowest BCUT2D eigenvalue weighted by atomic mass is 10.1. The van der Waals surface area contributed by atoms with E-state index in [-0.39, 0.29) is 5.91 Å². The first-order valence-corrected chi connectivity index (χ1v) is 9.65. The van der Waals surface area contributed by atoms with Crippen molar-refractivity contribution in [1.82, 2.24) is 20.2 Å². The third kappa shape index (κ3) is 2.89. The van der Waals surface area contributed by atoms with Crippen molar-refractivity contribution in [3.05, 3.63) is 39.5 Å². The van der Waals surface area contributed by atoms with Crippen LogP contribution in [0.1, 0.15) is 32.9 Å². The summed E-state index contributed by atoms with van der Waals surface area (Å²) >= 11 is 2.72. The van der Waals surface area contributed by atoms with Gasteiger partial charge in [-0.05, 0) is 38.0 Å². The van der Waals surface area contributed by atoms with Crippen LogP contribution in [-0.4, -0.2) is 26.1 Å². The van der Waals surface area contributed by atoms with Crippen LogP contribution in [0.2, 0.25) is 0 Å². The Bertz CT molecular complexity index is 1100. The Labute approximate surface area is 157 Å². The van der Waals surface area contributed by atoms with Gasteiger partial charge in [-0.15, -0.1) is 21.5 Å². The number of furan rings is 1. The number of nitrogens with one attached hydrogen (secondary N) is 1. The first-order chi connectivity index (χ1) is 12.6. The zero-order valence-electron chi connectivity index (χ0n) is 14.4. The number of hydrogen-bond acceptors (Lipinski definition) is 8. The van der Waals surface area contributed by atoms with Gasteiger partial charge in [-0.3, -0.25) is 10.1 Å². The summed E-state index contributed by atoms with van der Waals surface area (Å²) in [5.74, 6) is 0.918. The fourth-order valence-corrected chi connectivity index (χ4v) is 4.47. The molecule has 7 nitrogen and oxygen atoms in total. The third-order valence-corrected chi connectivity index (χ3v) is 6.08. The minimum absolute atomic E-state index is 0.205. The standard InChI is InChI=1S/C17H15N5O2S2/c1-4-11-21-22-17(25-11)20-15(23)13-8(2)12-9(3)18-14(19-16(12)26-13)10-6-5-7-24-10/h5-7H,4H2,1-3H3,(H,20,22,23). The minimum Gasteiger partial charge on any atom is -0.461 e. The number of aromatic nitrogens is 4. The van der Waals surface area contributed by atoms with Crippen LogP contribution in [0, 0.1) is 13.8 Å². The number of anilines is 1. The van der Waals surface area contributed by atoms with Gasteiger partial charge in [0.05, 0.1) is 16.8 Å². The highest BCUT2D eigenvalue weighted by molar-refractivity contribution is 7.21. The smallest absolute Gasteiger partial charge is 0.267 e. The molecule has 0 aromatic carbocycles. The molecule has 1 N–H and O–H groups in total. The van der Waals surface area contributed by atoms with Crippen LogP contribution in [0.3, 0.4) is 0 Å². The van der Waals surface area contributed by atoms with Crippen molar-refractivity contribution in [3.8, 4) is 11.6 Å². The second-order valence-corrected chi connectivity index (χ2v) is 7.72. The summed E-state index contributed by atoms with van der Waals surface area (Å²) < 4.78 is 5.39. The van der Waals surface area contributed by atoms with Gasteiger partial charge in [-0.25, -0.2) is 9.97 Å². The van der Waals surface area contributed by atoms with Gasteiger partial charge in [-0.1, -0.05) is 18.3 Å². The van der Waals surface area contributed by atoms with Crippen molar-refractivity contribution in [2.45, 2.75) is 27.2 Å². The Balaban J connectivity index is 1.72. The van der Waals surface area contributed by atoms with Crippen LogP contribution in [0.15, 0.2) is 22.8 Å². The molecule has 9 heteroatoms. The van der Waals surface area contributed by atoms with Gasteiger partial charge in [-0.2, -0.15) is 0 Å². The summed E-state index contributed by atoms with van der Waals surface area (Å²) in [7, 11) is 0. The van der Waals surface area contributed by atoms with Crippen molar-refractivity contribution in [3.63, 3.8) is 0 Å². The lowest BCUT2D eigenvalue weighted by Crippen LogP contribution is -2.11. The number of thiophene rings is 1. The number of fused-ring (bicyclic) bond motifs is 1. The zero-order valence-corrected chi connectivity index (χ0v) is 16.0. The largest absolute Gasteiger partial charge is 0.461 e. The van der Waals surface area contributed by atoms with E-state index in [1.54, 1.807) is 12.3 Å². The maximum atomic E-state index is 12.7. The molecular weight excluding hydrogens is 370 g/mol. The van der Waals surface area contributed by atoms with E-state index >= 15 is 0 Å². The molecule has 0 aliphatic heterocycles. The molecule has 132 valence electrons. The fourth-order valence-electron chi connectivity index (χ4n) is 2.67. The molecule has 26 heavy (non-hydrogen) atoms. The van der Waals surface area contributed by atoms with E-state index in [2.05, 4.69) is 25.5 Å². The van der Waals surface area contributed by atoms with E-state index in [0.717, 1.165) is 32.9 Å². The van der Waals surface area contributed by atoms with E-state index in [0.29, 0.717) is 21.6 Å². The minimum atomic E-state index is -0.205. The summed E-state index contributed by atoms with van der Waals surface area (Å²) in [5.41, 5.74) is 1.68. The lowest BCUT2D eigenvalue weighted by Gasteiger charge is -2.01. The molecule has 0 atom stereocenters. The highest BCUT2D eigenvalue weighted by Gasteiger charge is 2.21. The summed E-state index contributed by atoms with van der Waals surface area (Å²) in [6.45, 7) is 5.82. The predicted octanol–water partition coefficient (Wildman–Crippen LogP) is 4.23. The molecule has 4 aromatic rings. The normalized spacial score (nSPS) is 11.2. The molecule has 0 unspecified atom stereocenters. The topological polar surface area (TPSA) is 93.8 Å². The molecule has 0 saturated heterocycles. The van der Waals surface area contributed by atoms with Crippen LogP contribution < -0.4 is 5.32 Å². The second-order valence-electron chi connectivity index (χ2n) is 5.65. The Morgan fingerprint density at radius 1 is 1.23 bits per heavy atom. The maximum absolute atomic E-state index is 12.7. The first kappa shape index (κ1) is 16.8. The Morgan fingerprint density at radius 3 is 2.77 bits per heavy atom. The van der Waals surface area contributed by atoms with Crippen molar-refractivity contribution in [2.75, 3.05) is 5.32 Å². The van der Waals surface area contributed by atoms with E-state index in [1.165, 1.54) is 22.7 Å². The van der Waals surface area contributed by atoms with Gasteiger partial charge in [0.2, 0.25) is 5.13 Å². The van der Waals surface area contributed by atoms with E-state index in [4.69, 9.17) is 4.42 Å². The van der Waals surface area contributed by atoms with Crippen molar-refractivity contribution in [1.29, 1.82) is 0 Å². The summed E-state index contributed by atoms with van der Waals surface area (Å²) in [6.07, 6.45) is 2.38. The van der Waals surface area contributed by atoms with Crippen LogP contribution in [0.25, 0.3) is 21.8 Å². The summed E-state index contributed by atoms with van der Waals surface area (Å²) in [4.78, 5) is 23.2. The number of carbonyl (C=O) groups excluding carboxylic acids is 1. The van der Waals surface area contributed by atoms with Crippen molar-refractivity contribution < 1.29 is 9.21 Å². The molecule has 0 aliphatic rings. The fraction of sp³-hybridized carbons (Fsp3) is 0.235. The molecule has 0 spiro atoms. The molecule has 0 saturated carbocycles. The number of aryl methyl sites for hydroxylation is 3. The molecule has 4 aromatic heterocycles. The number of rotatable bonds is 4. The Kier molecular flexibility index (Phi) is 4.25. The molecule has 0 aliphatic carbocycles. The predicted molar refractivity (Wildman–Crippen MR) is 102 cm³/mol. The quantitative estimate of drug-likeness (QED) is 0.565. The number of nitrogens with zero attached hydrogens (tertiary/aromatic N) is 4. The van der Waals surface area contributed by atoms with Gasteiger partial charge >= 0.3 is 0 Å². The van der Waals surface area contributed by atoms with Gasteiger partial charge in [0.25, 0.3) is 5.91 Å². The molecule has 0 fully saturated rings. The average molecular weight is 385 g/mol. The van der Waals surface area contributed by atoms with Crippen molar-refractivity contribution in [2.24, 2.45) is 0 Å². The SMILES string of the molecule is CCc1nnc(NC(=O)c2sc3nc(-c4ccco4)nc(C)c3c2C)s1. The van der Waals surface area contributed by atoms with Crippen LogP contribution in [0.4, 0.5) is 5.13 Å². The molecule has 0 bridgehead atoms. The van der Waals surface area contributed by atoms with E-state index in [9.17, 15) is 4.79 Å². The van der Waals surface area contributed by atoms with Gasteiger partial charge in [0.1, 0.15) is 9.84 Å².